The van der Waals surface area contributed by atoms with Crippen LogP contribution >= 0.6 is 23.2 Å². The summed E-state index contributed by atoms with van der Waals surface area (Å²) in [5.41, 5.74) is -0.226. The van der Waals surface area contributed by atoms with Crippen molar-refractivity contribution >= 4 is 35.0 Å². The second-order valence-electron chi connectivity index (χ2n) is 7.80. The Kier molecular flexibility index (Phi) is 4.99. The third kappa shape index (κ3) is 3.09. The summed E-state index contributed by atoms with van der Waals surface area (Å²) < 4.78 is 13.0. The number of halogens is 3. The van der Waals surface area contributed by atoms with Crippen LogP contribution in [0.15, 0.2) is 24.3 Å². The van der Waals surface area contributed by atoms with Crippen molar-refractivity contribution in [2.24, 2.45) is 17.3 Å². The lowest BCUT2D eigenvalue weighted by molar-refractivity contribution is -0.135. The SMILES string of the molecule is CC(C)C(NC(=O)c1ccccc1F)C(=O)N1CCC2(C)C(C1)C2(Cl)Cl. The number of carbonyl (C=O) groups excluding carboxylic acids is 2. The average molecular weight is 401 g/mol. The Morgan fingerprint density at radius 3 is 2.54 bits per heavy atom. The highest BCUT2D eigenvalue weighted by Crippen LogP contribution is 2.72. The van der Waals surface area contributed by atoms with Gasteiger partial charge in [0.15, 0.2) is 0 Å². The van der Waals surface area contributed by atoms with Gasteiger partial charge < -0.3 is 10.2 Å². The lowest BCUT2D eigenvalue weighted by atomic mass is 9.95. The Hall–Kier alpha value is -1.33. The van der Waals surface area contributed by atoms with Gasteiger partial charge in [-0.3, -0.25) is 9.59 Å². The van der Waals surface area contributed by atoms with E-state index in [0.717, 1.165) is 6.42 Å². The van der Waals surface area contributed by atoms with Crippen molar-refractivity contribution in [3.8, 4) is 0 Å². The minimum absolute atomic E-state index is 0.0334. The van der Waals surface area contributed by atoms with E-state index in [-0.39, 0.29) is 28.7 Å². The molecule has 1 aromatic carbocycles. The number of benzene rings is 1. The van der Waals surface area contributed by atoms with Crippen LogP contribution in [0.25, 0.3) is 0 Å². The van der Waals surface area contributed by atoms with Crippen molar-refractivity contribution in [2.75, 3.05) is 13.1 Å². The molecule has 3 atom stereocenters. The second kappa shape index (κ2) is 6.68. The molecule has 3 rings (SSSR count). The van der Waals surface area contributed by atoms with Gasteiger partial charge >= 0.3 is 0 Å². The first-order valence-electron chi connectivity index (χ1n) is 8.81. The van der Waals surface area contributed by atoms with Crippen LogP contribution in [0.4, 0.5) is 4.39 Å². The van der Waals surface area contributed by atoms with Crippen molar-refractivity contribution in [1.82, 2.24) is 10.2 Å². The largest absolute Gasteiger partial charge is 0.340 e. The van der Waals surface area contributed by atoms with Crippen LogP contribution in [0.5, 0.6) is 0 Å². The summed E-state index contributed by atoms with van der Waals surface area (Å²) in [7, 11) is 0. The first-order chi connectivity index (χ1) is 12.1. The van der Waals surface area contributed by atoms with Crippen LogP contribution in [0, 0.1) is 23.1 Å². The zero-order valence-corrected chi connectivity index (χ0v) is 16.6. The van der Waals surface area contributed by atoms with Crippen LogP contribution in [-0.4, -0.2) is 40.2 Å². The number of fused-ring (bicyclic) bond motifs is 1. The Balaban J connectivity index is 1.71. The van der Waals surface area contributed by atoms with Crippen molar-refractivity contribution in [1.29, 1.82) is 0 Å². The van der Waals surface area contributed by atoms with E-state index in [1.54, 1.807) is 11.0 Å². The third-order valence-electron chi connectivity index (χ3n) is 5.84. The molecule has 142 valence electrons. The van der Waals surface area contributed by atoms with E-state index in [4.69, 9.17) is 23.2 Å². The van der Waals surface area contributed by atoms with Gasteiger partial charge in [-0.2, -0.15) is 0 Å². The fraction of sp³-hybridized carbons (Fsp3) is 0.579. The lowest BCUT2D eigenvalue weighted by Gasteiger charge is -2.33. The molecule has 26 heavy (non-hydrogen) atoms. The van der Waals surface area contributed by atoms with E-state index < -0.39 is 22.1 Å². The minimum atomic E-state index is -0.800. The molecule has 2 amide bonds. The van der Waals surface area contributed by atoms with Crippen molar-refractivity contribution in [3.63, 3.8) is 0 Å². The molecule has 0 radical (unpaired) electrons. The summed E-state index contributed by atoms with van der Waals surface area (Å²) in [6.45, 7) is 6.76. The molecule has 0 aromatic heterocycles. The van der Waals surface area contributed by atoms with Gasteiger partial charge in [0.1, 0.15) is 16.2 Å². The summed E-state index contributed by atoms with van der Waals surface area (Å²) >= 11 is 12.7. The topological polar surface area (TPSA) is 49.4 Å². The highest BCUT2D eigenvalue weighted by molar-refractivity contribution is 6.51. The number of nitrogens with zero attached hydrogens (tertiary/aromatic N) is 1. The number of carbonyl (C=O) groups is 2. The summed E-state index contributed by atoms with van der Waals surface area (Å²) in [6, 6.07) is 4.99. The van der Waals surface area contributed by atoms with Crippen LogP contribution in [0.1, 0.15) is 37.6 Å². The second-order valence-corrected chi connectivity index (χ2v) is 9.19. The fourth-order valence-corrected chi connectivity index (χ4v) is 4.75. The minimum Gasteiger partial charge on any atom is -0.340 e. The maximum absolute atomic E-state index is 13.8. The van der Waals surface area contributed by atoms with E-state index in [1.807, 2.05) is 20.8 Å². The number of hydrogen-bond acceptors (Lipinski definition) is 2. The molecule has 4 nitrogen and oxygen atoms in total. The quantitative estimate of drug-likeness (QED) is 0.784. The van der Waals surface area contributed by atoms with Gasteiger partial charge in [0.05, 0.1) is 5.56 Å². The molecule has 0 bridgehead atoms. The van der Waals surface area contributed by atoms with Gasteiger partial charge in [0.2, 0.25) is 5.91 Å². The van der Waals surface area contributed by atoms with Crippen molar-refractivity contribution < 1.29 is 14.0 Å². The van der Waals surface area contributed by atoms with Crippen LogP contribution in [-0.2, 0) is 4.79 Å². The molecule has 1 aliphatic heterocycles. The molecule has 7 heteroatoms. The number of hydrogen-bond donors (Lipinski definition) is 1. The number of nitrogens with one attached hydrogen (secondary N) is 1. The van der Waals surface area contributed by atoms with Gasteiger partial charge in [-0.15, -0.1) is 23.2 Å². The first kappa shape index (κ1) is 19.4. The Bertz CT molecular complexity index is 740. The summed E-state index contributed by atoms with van der Waals surface area (Å²) in [5.74, 6) is -1.48. The maximum Gasteiger partial charge on any atom is 0.254 e. The highest BCUT2D eigenvalue weighted by Gasteiger charge is 2.74. The van der Waals surface area contributed by atoms with Crippen LogP contribution in [0.2, 0.25) is 0 Å². The fourth-order valence-electron chi connectivity index (χ4n) is 3.78. The molecule has 1 aromatic rings. The molecular formula is C19H23Cl2FN2O2. The Morgan fingerprint density at radius 2 is 1.96 bits per heavy atom. The summed E-state index contributed by atoms with van der Waals surface area (Å²) in [6.07, 6.45) is 0.725. The molecule has 2 aliphatic rings. The lowest BCUT2D eigenvalue weighted by Crippen LogP contribution is -2.53. The number of amides is 2. The molecule has 1 saturated carbocycles. The molecule has 1 aliphatic carbocycles. The number of likely N-dealkylation sites (tertiary alicyclic amines) is 1. The smallest absolute Gasteiger partial charge is 0.254 e. The third-order valence-corrected chi connectivity index (χ3v) is 7.23. The number of rotatable bonds is 4. The zero-order chi connectivity index (χ0) is 19.3. The molecule has 1 N–H and O–H groups in total. The van der Waals surface area contributed by atoms with E-state index in [9.17, 15) is 14.0 Å². The molecule has 2 fully saturated rings. The monoisotopic (exact) mass is 400 g/mol. The van der Waals surface area contributed by atoms with Crippen molar-refractivity contribution in [3.05, 3.63) is 35.6 Å². The van der Waals surface area contributed by atoms with Gasteiger partial charge in [0, 0.05) is 24.4 Å². The normalized spacial score (nSPS) is 27.7. The van der Waals surface area contributed by atoms with E-state index >= 15 is 0 Å². The van der Waals surface area contributed by atoms with Crippen molar-refractivity contribution in [2.45, 2.75) is 37.6 Å². The first-order valence-corrected chi connectivity index (χ1v) is 9.57. The Morgan fingerprint density at radius 1 is 1.31 bits per heavy atom. The summed E-state index contributed by atoms with van der Waals surface area (Å²) in [5, 5.41) is 2.69. The number of alkyl halides is 2. The molecule has 0 spiro atoms. The summed E-state index contributed by atoms with van der Waals surface area (Å²) in [4.78, 5) is 27.1. The maximum atomic E-state index is 13.8. The van der Waals surface area contributed by atoms with Gasteiger partial charge in [-0.1, -0.05) is 32.9 Å². The standard InChI is InChI=1S/C19H23Cl2FN2O2/c1-11(2)15(23-16(25)12-6-4-5-7-13(12)22)17(26)24-9-8-18(3)14(10-24)19(18,20)21/h4-7,11,14-15H,8-10H2,1-3H3,(H,23,25). The molecule has 3 unspecified atom stereocenters. The molecule has 1 saturated heterocycles. The average Bonchev–Trinajstić information content (AvgIpc) is 3.04. The van der Waals surface area contributed by atoms with E-state index in [1.165, 1.54) is 18.2 Å². The predicted octanol–water partition coefficient (Wildman–Crippen LogP) is 3.62. The Labute approximate surface area is 163 Å². The number of piperidine rings is 1. The van der Waals surface area contributed by atoms with Gasteiger partial charge in [-0.05, 0) is 24.5 Å². The molecular weight excluding hydrogens is 378 g/mol. The molecule has 1 heterocycles. The van der Waals surface area contributed by atoms with Crippen LogP contribution < -0.4 is 5.32 Å². The van der Waals surface area contributed by atoms with Gasteiger partial charge in [0.25, 0.3) is 5.91 Å². The zero-order valence-electron chi connectivity index (χ0n) is 15.1. The van der Waals surface area contributed by atoms with Gasteiger partial charge in [-0.25, -0.2) is 4.39 Å². The van der Waals surface area contributed by atoms with E-state index in [0.29, 0.717) is 13.1 Å². The predicted molar refractivity (Wildman–Crippen MR) is 99.7 cm³/mol. The van der Waals surface area contributed by atoms with Crippen LogP contribution in [0.3, 0.4) is 0 Å². The highest BCUT2D eigenvalue weighted by atomic mass is 35.5. The van der Waals surface area contributed by atoms with E-state index in [2.05, 4.69) is 5.32 Å².